The molecule has 1 amide bonds. The number of carbonyl (C=O) groups is 1. The molecule has 4 nitrogen and oxygen atoms in total. The molecule has 1 aromatic rings. The summed E-state index contributed by atoms with van der Waals surface area (Å²) in [5, 5.41) is 0. The molecule has 0 atom stereocenters. The molecule has 0 spiro atoms. The number of benzene rings is 1. The minimum absolute atomic E-state index is 0.0280. The molecular weight excluding hydrogens is 286 g/mol. The first-order valence-electron chi connectivity index (χ1n) is 6.80. The van der Waals surface area contributed by atoms with Gasteiger partial charge in [0.05, 0.1) is 16.2 Å². The van der Waals surface area contributed by atoms with Crippen LogP contribution in [0.1, 0.15) is 23.7 Å². The summed E-state index contributed by atoms with van der Waals surface area (Å²) in [4.78, 5) is 14.2. The van der Waals surface area contributed by atoms with Gasteiger partial charge in [0, 0.05) is 13.1 Å². The summed E-state index contributed by atoms with van der Waals surface area (Å²) in [5.41, 5.74) is 0.203. The van der Waals surface area contributed by atoms with Crippen LogP contribution in [0.15, 0.2) is 54.5 Å². The van der Waals surface area contributed by atoms with E-state index in [2.05, 4.69) is 13.2 Å². The van der Waals surface area contributed by atoms with Crippen molar-refractivity contribution >= 4 is 15.7 Å². The molecule has 0 unspecified atom stereocenters. The molecule has 0 bridgehead atoms. The molecule has 0 aliphatic carbocycles. The second kappa shape index (κ2) is 7.78. The van der Waals surface area contributed by atoms with E-state index in [0.29, 0.717) is 19.5 Å². The number of sulfone groups is 1. The van der Waals surface area contributed by atoms with Crippen LogP contribution in [0.4, 0.5) is 0 Å². The first-order valence-corrected chi connectivity index (χ1v) is 8.46. The van der Waals surface area contributed by atoms with Gasteiger partial charge in [0.25, 0.3) is 5.91 Å². The van der Waals surface area contributed by atoms with Crippen LogP contribution in [0.5, 0.6) is 0 Å². The molecule has 0 aliphatic heterocycles. The first-order chi connectivity index (χ1) is 9.97. The van der Waals surface area contributed by atoms with E-state index in [1.165, 1.54) is 11.0 Å². The lowest BCUT2D eigenvalue weighted by Crippen LogP contribution is -2.32. The van der Waals surface area contributed by atoms with Crippen LogP contribution < -0.4 is 0 Å². The number of carbonyl (C=O) groups excluding carboxylic acids is 1. The smallest absolute Gasteiger partial charge is 0.255 e. The summed E-state index contributed by atoms with van der Waals surface area (Å²) >= 11 is 0. The minimum Gasteiger partial charge on any atom is -0.331 e. The zero-order chi connectivity index (χ0) is 15.9. The van der Waals surface area contributed by atoms with Crippen molar-refractivity contribution in [3.63, 3.8) is 0 Å². The molecule has 0 aliphatic rings. The van der Waals surface area contributed by atoms with Gasteiger partial charge in [0.1, 0.15) is 0 Å². The summed E-state index contributed by atoms with van der Waals surface area (Å²) in [6.45, 7) is 9.70. The van der Waals surface area contributed by atoms with Crippen LogP contribution in [0.25, 0.3) is 0 Å². The van der Waals surface area contributed by atoms with E-state index in [9.17, 15) is 13.2 Å². The first kappa shape index (κ1) is 17.2. The van der Waals surface area contributed by atoms with Crippen LogP contribution >= 0.6 is 0 Å². The van der Waals surface area contributed by atoms with E-state index in [1.54, 1.807) is 37.3 Å². The Labute approximate surface area is 126 Å². The lowest BCUT2D eigenvalue weighted by molar-refractivity contribution is 0.0787. The summed E-state index contributed by atoms with van der Waals surface area (Å²) in [5.74, 6) is -0.301. The van der Waals surface area contributed by atoms with Gasteiger partial charge in [-0.3, -0.25) is 4.79 Å². The van der Waals surface area contributed by atoms with Crippen LogP contribution in [0, 0.1) is 0 Å². The van der Waals surface area contributed by atoms with E-state index >= 15 is 0 Å². The Kier molecular flexibility index (Phi) is 6.37. The van der Waals surface area contributed by atoms with Gasteiger partial charge in [-0.2, -0.15) is 0 Å². The average Bonchev–Trinajstić information content (AvgIpc) is 2.46. The molecule has 0 radical (unpaired) electrons. The Hall–Kier alpha value is -1.88. The van der Waals surface area contributed by atoms with E-state index in [1.807, 2.05) is 0 Å². The van der Waals surface area contributed by atoms with Crippen LogP contribution in [-0.4, -0.2) is 38.1 Å². The Bertz CT molecular complexity index is 610. The Morgan fingerprint density at radius 3 is 2.29 bits per heavy atom. The topological polar surface area (TPSA) is 54.5 Å². The predicted molar refractivity (Wildman–Crippen MR) is 85.1 cm³/mol. The second-order valence-electron chi connectivity index (χ2n) is 4.60. The number of rotatable bonds is 8. The SMILES string of the molecule is C=CCN(CC=C)C(=O)c1ccccc1S(=O)(=O)CCC. The highest BCUT2D eigenvalue weighted by molar-refractivity contribution is 7.91. The van der Waals surface area contributed by atoms with Gasteiger partial charge >= 0.3 is 0 Å². The Balaban J connectivity index is 3.27. The van der Waals surface area contributed by atoms with Gasteiger partial charge in [-0.1, -0.05) is 31.2 Å². The van der Waals surface area contributed by atoms with Crippen molar-refractivity contribution < 1.29 is 13.2 Å². The standard InChI is InChI=1S/C16H21NO3S/c1-4-11-17(12-5-2)16(18)14-9-7-8-10-15(14)21(19,20)13-6-3/h4-5,7-10H,1-2,6,11-13H2,3H3. The molecule has 0 fully saturated rings. The molecule has 0 N–H and O–H groups in total. The molecule has 1 rings (SSSR count). The highest BCUT2D eigenvalue weighted by Crippen LogP contribution is 2.19. The zero-order valence-corrected chi connectivity index (χ0v) is 13.1. The molecule has 0 saturated heterocycles. The van der Waals surface area contributed by atoms with E-state index in [-0.39, 0.29) is 22.1 Å². The number of hydrogen-bond acceptors (Lipinski definition) is 3. The van der Waals surface area contributed by atoms with Crippen molar-refractivity contribution in [1.82, 2.24) is 4.90 Å². The number of nitrogens with zero attached hydrogens (tertiary/aromatic N) is 1. The van der Waals surface area contributed by atoms with Crippen molar-refractivity contribution in [3.8, 4) is 0 Å². The Morgan fingerprint density at radius 2 is 1.76 bits per heavy atom. The number of hydrogen-bond donors (Lipinski definition) is 0. The van der Waals surface area contributed by atoms with Gasteiger partial charge in [0.15, 0.2) is 9.84 Å². The highest BCUT2D eigenvalue weighted by atomic mass is 32.2. The fourth-order valence-electron chi connectivity index (χ4n) is 2.02. The van der Waals surface area contributed by atoms with Crippen molar-refractivity contribution in [2.45, 2.75) is 18.2 Å². The Morgan fingerprint density at radius 1 is 1.19 bits per heavy atom. The average molecular weight is 307 g/mol. The summed E-state index contributed by atoms with van der Waals surface area (Å²) in [7, 11) is -3.45. The summed E-state index contributed by atoms with van der Waals surface area (Å²) < 4.78 is 24.6. The molecule has 0 aromatic heterocycles. The molecule has 114 valence electrons. The van der Waals surface area contributed by atoms with Crippen molar-refractivity contribution in [2.75, 3.05) is 18.8 Å². The van der Waals surface area contributed by atoms with E-state index < -0.39 is 9.84 Å². The second-order valence-corrected chi connectivity index (χ2v) is 6.68. The molecule has 0 heterocycles. The van der Waals surface area contributed by atoms with Gasteiger partial charge in [-0.15, -0.1) is 13.2 Å². The fourth-order valence-corrected chi connectivity index (χ4v) is 3.55. The third kappa shape index (κ3) is 4.29. The molecule has 0 saturated carbocycles. The van der Waals surface area contributed by atoms with E-state index in [4.69, 9.17) is 0 Å². The van der Waals surface area contributed by atoms with Crippen LogP contribution in [0.3, 0.4) is 0 Å². The maximum absolute atomic E-state index is 12.6. The van der Waals surface area contributed by atoms with Crippen molar-refractivity contribution in [3.05, 3.63) is 55.1 Å². The molecule has 21 heavy (non-hydrogen) atoms. The quantitative estimate of drug-likeness (QED) is 0.694. The maximum atomic E-state index is 12.6. The van der Waals surface area contributed by atoms with Gasteiger partial charge in [-0.05, 0) is 18.6 Å². The third-order valence-electron chi connectivity index (χ3n) is 2.91. The highest BCUT2D eigenvalue weighted by Gasteiger charge is 2.23. The zero-order valence-electron chi connectivity index (χ0n) is 12.3. The van der Waals surface area contributed by atoms with Gasteiger partial charge < -0.3 is 4.90 Å². The summed E-state index contributed by atoms with van der Waals surface area (Å²) in [6.07, 6.45) is 3.71. The van der Waals surface area contributed by atoms with Crippen molar-refractivity contribution in [2.24, 2.45) is 0 Å². The van der Waals surface area contributed by atoms with Crippen LogP contribution in [-0.2, 0) is 9.84 Å². The maximum Gasteiger partial charge on any atom is 0.255 e. The monoisotopic (exact) mass is 307 g/mol. The summed E-state index contributed by atoms with van der Waals surface area (Å²) in [6, 6.07) is 6.32. The van der Waals surface area contributed by atoms with Crippen molar-refractivity contribution in [1.29, 1.82) is 0 Å². The lowest BCUT2D eigenvalue weighted by atomic mass is 10.2. The van der Waals surface area contributed by atoms with E-state index in [0.717, 1.165) is 0 Å². The molecule has 1 aromatic carbocycles. The largest absolute Gasteiger partial charge is 0.331 e. The fraction of sp³-hybridized carbons (Fsp3) is 0.312. The van der Waals surface area contributed by atoms with Gasteiger partial charge in [-0.25, -0.2) is 8.42 Å². The lowest BCUT2D eigenvalue weighted by Gasteiger charge is -2.20. The van der Waals surface area contributed by atoms with Gasteiger partial charge in [0.2, 0.25) is 0 Å². The third-order valence-corrected chi connectivity index (χ3v) is 4.88. The predicted octanol–water partition coefficient (Wildman–Crippen LogP) is 2.68. The minimum atomic E-state index is -3.45. The molecular formula is C16H21NO3S. The molecule has 5 heteroatoms. The van der Waals surface area contributed by atoms with Crippen LogP contribution in [0.2, 0.25) is 0 Å². The number of amides is 1. The normalized spacial score (nSPS) is 10.9.